The van der Waals surface area contributed by atoms with Crippen LogP contribution in [0.5, 0.6) is 0 Å². The monoisotopic (exact) mass is 579 g/mol. The lowest BCUT2D eigenvalue weighted by Gasteiger charge is -2.39. The van der Waals surface area contributed by atoms with Crippen molar-refractivity contribution in [3.8, 4) is 11.1 Å². The third-order valence-electron chi connectivity index (χ3n) is 7.16. The Bertz CT molecular complexity index is 1310. The first kappa shape index (κ1) is 32.1. The van der Waals surface area contributed by atoms with Crippen molar-refractivity contribution in [1.82, 2.24) is 20.5 Å². The van der Waals surface area contributed by atoms with Crippen LogP contribution in [-0.4, -0.2) is 76.5 Å². The standard InChI is InChI=1S/C30H41N7O5/c1-30(2,3)25(37(33)17-22(31)27(40)34-4)29(42)36-16-21(38)15-24(36)28(41)35-23(26(32)39)14-18-10-12-20(13-11-18)19-8-6-5-7-9-19/h5-13,17,21,23-25,38H,14-16,31,33H2,1-4H3,(H2,32,39)(H,34,40)(H,35,41)/b22-17-. The Morgan fingerprint density at radius 3 is 2.19 bits per heavy atom. The maximum Gasteiger partial charge on any atom is 0.268 e. The fourth-order valence-electron chi connectivity index (χ4n) is 5.04. The molecule has 2 aromatic rings. The predicted octanol–water partition coefficient (Wildman–Crippen LogP) is -0.0355. The van der Waals surface area contributed by atoms with E-state index in [0.717, 1.165) is 27.9 Å². The number of primary amides is 1. The van der Waals surface area contributed by atoms with Crippen molar-refractivity contribution in [3.05, 3.63) is 72.1 Å². The molecule has 4 unspecified atom stereocenters. The Hall–Kier alpha value is -4.42. The van der Waals surface area contributed by atoms with E-state index in [1.165, 1.54) is 11.9 Å². The molecule has 1 aliphatic rings. The van der Waals surface area contributed by atoms with Gasteiger partial charge in [-0.15, -0.1) is 0 Å². The van der Waals surface area contributed by atoms with E-state index < -0.39 is 53.3 Å². The third-order valence-corrected chi connectivity index (χ3v) is 7.16. The zero-order valence-electron chi connectivity index (χ0n) is 24.4. The molecule has 12 heteroatoms. The van der Waals surface area contributed by atoms with Crippen molar-refractivity contribution in [3.63, 3.8) is 0 Å². The van der Waals surface area contributed by atoms with Crippen LogP contribution in [0.4, 0.5) is 0 Å². The molecule has 1 aliphatic heterocycles. The molecule has 226 valence electrons. The Labute approximate surface area is 245 Å². The van der Waals surface area contributed by atoms with Gasteiger partial charge in [0, 0.05) is 32.6 Å². The van der Waals surface area contributed by atoms with Gasteiger partial charge in [0.05, 0.1) is 6.10 Å². The Balaban J connectivity index is 1.78. The second kappa shape index (κ2) is 13.5. The van der Waals surface area contributed by atoms with E-state index in [1.54, 1.807) is 20.8 Å². The first-order valence-corrected chi connectivity index (χ1v) is 13.7. The second-order valence-electron chi connectivity index (χ2n) is 11.5. The molecule has 2 aromatic carbocycles. The number of nitrogens with zero attached hydrogens (tertiary/aromatic N) is 2. The van der Waals surface area contributed by atoms with Gasteiger partial charge in [0.25, 0.3) is 5.91 Å². The summed E-state index contributed by atoms with van der Waals surface area (Å²) in [4.78, 5) is 52.7. The predicted molar refractivity (Wildman–Crippen MR) is 158 cm³/mol. The van der Waals surface area contributed by atoms with Crippen LogP contribution in [0.2, 0.25) is 0 Å². The van der Waals surface area contributed by atoms with Gasteiger partial charge in [0.2, 0.25) is 17.7 Å². The molecule has 1 saturated heterocycles. The first-order chi connectivity index (χ1) is 19.7. The minimum atomic E-state index is -1.08. The topological polar surface area (TPSA) is 197 Å². The number of hydrogen-bond acceptors (Lipinski definition) is 8. The molecule has 42 heavy (non-hydrogen) atoms. The average Bonchev–Trinajstić information content (AvgIpc) is 3.34. The second-order valence-corrected chi connectivity index (χ2v) is 11.5. The van der Waals surface area contributed by atoms with E-state index in [1.807, 2.05) is 54.6 Å². The number of rotatable bonds is 10. The third kappa shape index (κ3) is 7.86. The molecular formula is C30H41N7O5. The van der Waals surface area contributed by atoms with E-state index in [-0.39, 0.29) is 25.1 Å². The van der Waals surface area contributed by atoms with Crippen LogP contribution in [0.3, 0.4) is 0 Å². The van der Waals surface area contributed by atoms with Gasteiger partial charge in [0.1, 0.15) is 23.8 Å². The molecule has 9 N–H and O–H groups in total. The number of aliphatic hydroxyl groups excluding tert-OH is 1. The highest BCUT2D eigenvalue weighted by Gasteiger charge is 2.46. The molecule has 4 atom stereocenters. The van der Waals surface area contributed by atoms with Crippen molar-refractivity contribution in [2.45, 2.75) is 57.8 Å². The summed E-state index contributed by atoms with van der Waals surface area (Å²) in [7, 11) is 1.41. The van der Waals surface area contributed by atoms with E-state index in [9.17, 15) is 24.3 Å². The molecule has 0 spiro atoms. The van der Waals surface area contributed by atoms with E-state index in [2.05, 4.69) is 10.6 Å². The van der Waals surface area contributed by atoms with E-state index >= 15 is 0 Å². The molecule has 1 fully saturated rings. The van der Waals surface area contributed by atoms with Crippen molar-refractivity contribution < 1.29 is 24.3 Å². The number of nitrogens with one attached hydrogen (secondary N) is 2. The van der Waals surface area contributed by atoms with Crippen molar-refractivity contribution in [1.29, 1.82) is 0 Å². The van der Waals surface area contributed by atoms with E-state index in [4.69, 9.17) is 17.3 Å². The van der Waals surface area contributed by atoms with Gasteiger partial charge in [-0.25, -0.2) is 5.84 Å². The fraction of sp³-hybridized carbons (Fsp3) is 0.400. The SMILES string of the molecule is CNC(=O)/C(N)=C/N(N)C(C(=O)N1CC(O)CC1C(=O)NC(Cc1ccc(-c2ccccc2)cc1)C(N)=O)C(C)(C)C. The van der Waals surface area contributed by atoms with Crippen molar-refractivity contribution >= 4 is 23.6 Å². The van der Waals surface area contributed by atoms with Gasteiger partial charge in [-0.1, -0.05) is 75.4 Å². The lowest BCUT2D eigenvalue weighted by molar-refractivity contribution is -0.145. The summed E-state index contributed by atoms with van der Waals surface area (Å²) in [6.45, 7) is 5.20. The van der Waals surface area contributed by atoms with Gasteiger partial charge in [-0.2, -0.15) is 0 Å². The quantitative estimate of drug-likeness (QED) is 0.128. The van der Waals surface area contributed by atoms with Crippen LogP contribution < -0.4 is 27.9 Å². The van der Waals surface area contributed by atoms with Crippen molar-refractivity contribution in [2.24, 2.45) is 22.7 Å². The largest absolute Gasteiger partial charge is 0.393 e. The maximum absolute atomic E-state index is 13.8. The van der Waals surface area contributed by atoms with Crippen LogP contribution in [-0.2, 0) is 25.6 Å². The molecule has 3 rings (SSSR count). The number of hydrazine groups is 1. The molecule has 0 radical (unpaired) electrons. The first-order valence-electron chi connectivity index (χ1n) is 13.7. The smallest absolute Gasteiger partial charge is 0.268 e. The van der Waals surface area contributed by atoms with Gasteiger partial charge in [-0.3, -0.25) is 19.2 Å². The zero-order chi connectivity index (χ0) is 31.2. The number of carbonyl (C=O) groups is 4. The molecule has 0 bridgehead atoms. The minimum absolute atomic E-state index is 0.0352. The Morgan fingerprint density at radius 1 is 1.05 bits per heavy atom. The Kier molecular flexibility index (Phi) is 10.3. The van der Waals surface area contributed by atoms with Gasteiger partial charge in [-0.05, 0) is 22.1 Å². The molecule has 0 aromatic heterocycles. The summed E-state index contributed by atoms with van der Waals surface area (Å²) < 4.78 is 0. The summed E-state index contributed by atoms with van der Waals surface area (Å²) >= 11 is 0. The van der Waals surface area contributed by atoms with Crippen LogP contribution in [0.25, 0.3) is 11.1 Å². The number of likely N-dealkylation sites (N-methyl/N-ethyl adjacent to an activating group) is 1. The van der Waals surface area contributed by atoms with E-state index in [0.29, 0.717) is 0 Å². The summed E-state index contributed by atoms with van der Waals surface area (Å²) in [5, 5.41) is 16.5. The summed E-state index contributed by atoms with van der Waals surface area (Å²) in [6, 6.07) is 14.2. The number of amides is 4. The highest BCUT2D eigenvalue weighted by atomic mass is 16.3. The number of aliphatic hydroxyl groups is 1. The van der Waals surface area contributed by atoms with Crippen molar-refractivity contribution in [2.75, 3.05) is 13.6 Å². The van der Waals surface area contributed by atoms with Crippen LogP contribution >= 0.6 is 0 Å². The maximum atomic E-state index is 13.8. The summed E-state index contributed by atoms with van der Waals surface area (Å²) in [5.74, 6) is 3.72. The molecule has 0 saturated carbocycles. The highest BCUT2D eigenvalue weighted by molar-refractivity contribution is 5.94. The number of β-amino-alcohol motifs (C(OH)–C–C–N with tert-alkyl or cyclic N) is 1. The lowest BCUT2D eigenvalue weighted by Crippen LogP contribution is -2.59. The highest BCUT2D eigenvalue weighted by Crippen LogP contribution is 2.29. The molecular weight excluding hydrogens is 538 g/mol. The molecule has 12 nitrogen and oxygen atoms in total. The summed E-state index contributed by atoms with van der Waals surface area (Å²) in [5.41, 5.74) is 13.3. The molecule has 1 heterocycles. The lowest BCUT2D eigenvalue weighted by atomic mass is 9.85. The molecule has 4 amide bonds. The fourth-order valence-corrected chi connectivity index (χ4v) is 5.04. The number of carbonyl (C=O) groups excluding carboxylic acids is 4. The molecule has 0 aliphatic carbocycles. The summed E-state index contributed by atoms with van der Waals surface area (Å²) in [6.07, 6.45) is 0.289. The van der Waals surface area contributed by atoms with Gasteiger partial charge < -0.3 is 37.1 Å². The van der Waals surface area contributed by atoms with Gasteiger partial charge in [0.15, 0.2) is 0 Å². The minimum Gasteiger partial charge on any atom is -0.393 e. The number of likely N-dealkylation sites (tertiary alicyclic amines) is 1. The van der Waals surface area contributed by atoms with Crippen LogP contribution in [0, 0.1) is 5.41 Å². The normalized spacial score (nSPS) is 18.6. The van der Waals surface area contributed by atoms with Gasteiger partial charge >= 0.3 is 0 Å². The number of benzene rings is 2. The number of hydrogen-bond donors (Lipinski definition) is 6. The Morgan fingerprint density at radius 2 is 1.64 bits per heavy atom. The zero-order valence-corrected chi connectivity index (χ0v) is 24.4. The average molecular weight is 580 g/mol. The van der Waals surface area contributed by atoms with Crippen LogP contribution in [0.1, 0.15) is 32.8 Å². The number of nitrogens with two attached hydrogens (primary N) is 3. The van der Waals surface area contributed by atoms with Crippen LogP contribution in [0.15, 0.2) is 66.5 Å².